The number of rotatable bonds is 4. The Labute approximate surface area is 136 Å². The first-order valence-corrected chi connectivity index (χ1v) is 8.59. The molecule has 0 saturated carbocycles. The first-order chi connectivity index (χ1) is 10.6. The van der Waals surface area contributed by atoms with Crippen molar-refractivity contribution in [2.45, 2.75) is 31.1 Å². The third kappa shape index (κ3) is 4.01. The second kappa shape index (κ2) is 6.20. The van der Waals surface area contributed by atoms with Crippen molar-refractivity contribution in [2.24, 2.45) is 0 Å². The highest BCUT2D eigenvalue weighted by Gasteiger charge is 2.23. The van der Waals surface area contributed by atoms with E-state index in [1.165, 1.54) is 31.4 Å². The fourth-order valence-corrected chi connectivity index (χ4v) is 3.34. The molecule has 4 nitrogen and oxygen atoms in total. The molecule has 0 amide bonds. The molecule has 0 aliphatic rings. The summed E-state index contributed by atoms with van der Waals surface area (Å²) in [5.41, 5.74) is 0.958. The van der Waals surface area contributed by atoms with Crippen LogP contribution in [0.2, 0.25) is 0 Å². The summed E-state index contributed by atoms with van der Waals surface area (Å²) in [5, 5.41) is 0. The molecule has 1 N–H and O–H groups in total. The van der Waals surface area contributed by atoms with E-state index in [1.54, 1.807) is 12.1 Å². The summed E-state index contributed by atoms with van der Waals surface area (Å²) < 4.78 is 45.9. The summed E-state index contributed by atoms with van der Waals surface area (Å²) >= 11 is 0. The predicted octanol–water partition coefficient (Wildman–Crippen LogP) is 3.93. The highest BCUT2D eigenvalue weighted by Crippen LogP contribution is 2.31. The van der Waals surface area contributed by atoms with E-state index in [2.05, 4.69) is 4.72 Å². The molecule has 2 rings (SSSR count). The quantitative estimate of drug-likeness (QED) is 0.919. The van der Waals surface area contributed by atoms with Gasteiger partial charge in [0.15, 0.2) is 0 Å². The van der Waals surface area contributed by atoms with Crippen molar-refractivity contribution in [1.82, 2.24) is 0 Å². The molecule has 124 valence electrons. The van der Waals surface area contributed by atoms with Gasteiger partial charge in [0.2, 0.25) is 0 Å². The molecule has 2 aromatic carbocycles. The van der Waals surface area contributed by atoms with Crippen molar-refractivity contribution < 1.29 is 17.5 Å². The van der Waals surface area contributed by atoms with E-state index in [4.69, 9.17) is 4.74 Å². The number of nitrogens with one attached hydrogen (secondary N) is 1. The van der Waals surface area contributed by atoms with Gasteiger partial charge in [-0.05, 0) is 47.4 Å². The van der Waals surface area contributed by atoms with Crippen molar-refractivity contribution in [3.8, 4) is 5.75 Å². The molecule has 2 aromatic rings. The molecule has 6 heteroatoms. The molecule has 0 aliphatic heterocycles. The maximum absolute atomic E-state index is 12.9. The van der Waals surface area contributed by atoms with Gasteiger partial charge in [-0.1, -0.05) is 26.8 Å². The summed E-state index contributed by atoms with van der Waals surface area (Å²) in [6.45, 7) is 6.00. The highest BCUT2D eigenvalue weighted by atomic mass is 32.2. The van der Waals surface area contributed by atoms with Crippen molar-refractivity contribution >= 4 is 15.7 Å². The molecule has 0 bridgehead atoms. The summed E-state index contributed by atoms with van der Waals surface area (Å²) in [6, 6.07) is 10.2. The zero-order chi connectivity index (χ0) is 17.3. The van der Waals surface area contributed by atoms with Crippen molar-refractivity contribution in [1.29, 1.82) is 0 Å². The van der Waals surface area contributed by atoms with Crippen LogP contribution in [-0.2, 0) is 15.4 Å². The Morgan fingerprint density at radius 3 is 2.17 bits per heavy atom. The number of hydrogen-bond donors (Lipinski definition) is 1. The molecule has 0 heterocycles. The van der Waals surface area contributed by atoms with Gasteiger partial charge >= 0.3 is 0 Å². The SMILES string of the molecule is COc1ccc(C(C)(C)C)cc1S(=O)(=O)Nc1ccc(F)cc1. The predicted molar refractivity (Wildman–Crippen MR) is 88.9 cm³/mol. The van der Waals surface area contributed by atoms with E-state index < -0.39 is 15.8 Å². The van der Waals surface area contributed by atoms with Gasteiger partial charge in [0.25, 0.3) is 10.0 Å². The summed E-state index contributed by atoms with van der Waals surface area (Å²) in [6.07, 6.45) is 0. The number of anilines is 1. The maximum Gasteiger partial charge on any atom is 0.265 e. The lowest BCUT2D eigenvalue weighted by atomic mass is 9.87. The zero-order valence-electron chi connectivity index (χ0n) is 13.6. The lowest BCUT2D eigenvalue weighted by molar-refractivity contribution is 0.402. The lowest BCUT2D eigenvalue weighted by Crippen LogP contribution is -2.17. The smallest absolute Gasteiger partial charge is 0.265 e. The lowest BCUT2D eigenvalue weighted by Gasteiger charge is -2.21. The second-order valence-corrected chi connectivity index (χ2v) is 7.88. The molecule has 0 fully saturated rings. The largest absolute Gasteiger partial charge is 0.495 e. The first kappa shape index (κ1) is 17.3. The molecule has 23 heavy (non-hydrogen) atoms. The third-order valence-electron chi connectivity index (χ3n) is 3.42. The van der Waals surface area contributed by atoms with E-state index in [0.29, 0.717) is 0 Å². The molecular formula is C17H20FNO3S. The summed E-state index contributed by atoms with van der Waals surface area (Å²) in [5.74, 6) is -0.173. The molecule has 0 atom stereocenters. The van der Waals surface area contributed by atoms with E-state index in [1.807, 2.05) is 26.8 Å². The van der Waals surface area contributed by atoms with Crippen LogP contribution in [0.1, 0.15) is 26.3 Å². The standard InChI is InChI=1S/C17H20FNO3S/c1-17(2,3)12-5-10-15(22-4)16(11-12)23(20,21)19-14-8-6-13(18)7-9-14/h5-11,19H,1-4H3. The van der Waals surface area contributed by atoms with Crippen LogP contribution < -0.4 is 9.46 Å². The minimum absolute atomic E-state index is 0.0525. The number of benzene rings is 2. The summed E-state index contributed by atoms with van der Waals surface area (Å²) in [4.78, 5) is 0.0525. The van der Waals surface area contributed by atoms with Gasteiger partial charge in [0, 0.05) is 5.69 Å². The Morgan fingerprint density at radius 1 is 1.04 bits per heavy atom. The van der Waals surface area contributed by atoms with Gasteiger partial charge in [-0.15, -0.1) is 0 Å². The Hall–Kier alpha value is -2.08. The Kier molecular flexibility index (Phi) is 4.66. The molecular weight excluding hydrogens is 317 g/mol. The van der Waals surface area contributed by atoms with Gasteiger partial charge in [-0.3, -0.25) is 4.72 Å². The minimum Gasteiger partial charge on any atom is -0.495 e. The van der Waals surface area contributed by atoms with Gasteiger partial charge in [0.05, 0.1) is 7.11 Å². The van der Waals surface area contributed by atoms with Crippen LogP contribution in [0.5, 0.6) is 5.75 Å². The van der Waals surface area contributed by atoms with E-state index in [-0.39, 0.29) is 21.7 Å². The second-order valence-electron chi connectivity index (χ2n) is 6.23. The topological polar surface area (TPSA) is 55.4 Å². The Morgan fingerprint density at radius 2 is 1.65 bits per heavy atom. The molecule has 0 spiro atoms. The number of methoxy groups -OCH3 is 1. The van der Waals surface area contributed by atoms with Crippen LogP contribution in [-0.4, -0.2) is 15.5 Å². The van der Waals surface area contributed by atoms with Gasteiger partial charge in [-0.25, -0.2) is 12.8 Å². The Bertz CT molecular complexity index is 794. The third-order valence-corrected chi connectivity index (χ3v) is 4.82. The van der Waals surface area contributed by atoms with Crippen LogP contribution in [0.25, 0.3) is 0 Å². The number of hydrogen-bond acceptors (Lipinski definition) is 3. The zero-order valence-corrected chi connectivity index (χ0v) is 14.4. The molecule has 0 radical (unpaired) electrons. The molecule has 0 saturated heterocycles. The Balaban J connectivity index is 2.47. The highest BCUT2D eigenvalue weighted by molar-refractivity contribution is 7.92. The minimum atomic E-state index is -3.85. The fraction of sp³-hybridized carbons (Fsp3) is 0.294. The molecule has 0 unspecified atom stereocenters. The monoisotopic (exact) mass is 337 g/mol. The van der Waals surface area contributed by atoms with Crippen molar-refractivity contribution in [3.05, 3.63) is 53.8 Å². The first-order valence-electron chi connectivity index (χ1n) is 7.10. The normalized spacial score (nSPS) is 12.0. The summed E-state index contributed by atoms with van der Waals surface area (Å²) in [7, 11) is -2.43. The van der Waals surface area contributed by atoms with Crippen LogP contribution in [0.3, 0.4) is 0 Å². The maximum atomic E-state index is 12.9. The van der Waals surface area contributed by atoms with Crippen molar-refractivity contribution in [3.63, 3.8) is 0 Å². The average Bonchev–Trinajstić information content (AvgIpc) is 2.48. The van der Waals surface area contributed by atoms with Crippen LogP contribution in [0.15, 0.2) is 47.4 Å². The van der Waals surface area contributed by atoms with Gasteiger partial charge in [-0.2, -0.15) is 0 Å². The van der Waals surface area contributed by atoms with Crippen molar-refractivity contribution in [2.75, 3.05) is 11.8 Å². The number of sulfonamides is 1. The van der Waals surface area contributed by atoms with Gasteiger partial charge < -0.3 is 4.74 Å². The van der Waals surface area contributed by atoms with Crippen LogP contribution in [0.4, 0.5) is 10.1 Å². The number of halogens is 1. The number of ether oxygens (including phenoxy) is 1. The van der Waals surface area contributed by atoms with Crippen LogP contribution >= 0.6 is 0 Å². The van der Waals surface area contributed by atoms with E-state index in [9.17, 15) is 12.8 Å². The van der Waals surface area contributed by atoms with E-state index in [0.717, 1.165) is 5.56 Å². The van der Waals surface area contributed by atoms with Crippen LogP contribution in [0, 0.1) is 5.82 Å². The molecule has 0 aromatic heterocycles. The van der Waals surface area contributed by atoms with E-state index >= 15 is 0 Å². The van der Waals surface area contributed by atoms with Gasteiger partial charge in [0.1, 0.15) is 16.5 Å². The average molecular weight is 337 g/mol. The molecule has 0 aliphatic carbocycles. The fourth-order valence-electron chi connectivity index (χ4n) is 2.08.